The fraction of sp³-hybridized carbons (Fsp3) is 0.625. The van der Waals surface area contributed by atoms with Gasteiger partial charge in [-0.05, 0) is 43.5 Å². The van der Waals surface area contributed by atoms with Gasteiger partial charge in [0, 0.05) is 19.3 Å². The van der Waals surface area contributed by atoms with E-state index in [0.29, 0.717) is 12.0 Å². The van der Waals surface area contributed by atoms with Crippen LogP contribution in [0.1, 0.15) is 38.8 Å². The Hall–Kier alpha value is -1.06. The SMILES string of the molecule is COc1ccc(C(C)NCCCOCC(C)C)cc1. The summed E-state index contributed by atoms with van der Waals surface area (Å²) in [4.78, 5) is 0. The Morgan fingerprint density at radius 3 is 2.37 bits per heavy atom. The lowest BCUT2D eigenvalue weighted by atomic mass is 10.1. The standard InChI is InChI=1S/C16H27NO2/c1-13(2)12-19-11-5-10-17-14(3)15-6-8-16(18-4)9-7-15/h6-9,13-14,17H,5,10-12H2,1-4H3. The third kappa shape index (κ3) is 6.60. The lowest BCUT2D eigenvalue weighted by molar-refractivity contribution is 0.107. The topological polar surface area (TPSA) is 30.5 Å². The zero-order chi connectivity index (χ0) is 14.1. The van der Waals surface area contributed by atoms with Crippen LogP contribution >= 0.6 is 0 Å². The second-order valence-electron chi connectivity index (χ2n) is 5.27. The molecule has 0 saturated heterocycles. The average molecular weight is 265 g/mol. The van der Waals surface area contributed by atoms with Crippen molar-refractivity contribution in [2.75, 3.05) is 26.9 Å². The first-order chi connectivity index (χ1) is 9.13. The third-order valence-electron chi connectivity index (χ3n) is 2.98. The molecule has 0 amide bonds. The highest BCUT2D eigenvalue weighted by Gasteiger charge is 2.04. The molecule has 0 bridgehead atoms. The Morgan fingerprint density at radius 1 is 1.11 bits per heavy atom. The predicted molar refractivity (Wildman–Crippen MR) is 79.7 cm³/mol. The maximum Gasteiger partial charge on any atom is 0.118 e. The van der Waals surface area contributed by atoms with Crippen molar-refractivity contribution >= 4 is 0 Å². The molecule has 1 aromatic carbocycles. The first-order valence-corrected chi connectivity index (χ1v) is 7.08. The number of nitrogens with one attached hydrogen (secondary N) is 1. The largest absolute Gasteiger partial charge is 0.497 e. The zero-order valence-corrected chi connectivity index (χ0v) is 12.6. The molecule has 1 N–H and O–H groups in total. The minimum absolute atomic E-state index is 0.357. The Balaban J connectivity index is 2.17. The highest BCUT2D eigenvalue weighted by molar-refractivity contribution is 5.28. The molecule has 0 fully saturated rings. The molecule has 0 aliphatic rings. The number of benzene rings is 1. The van der Waals surface area contributed by atoms with Crippen molar-refractivity contribution in [1.82, 2.24) is 5.32 Å². The molecular weight excluding hydrogens is 238 g/mol. The summed E-state index contributed by atoms with van der Waals surface area (Å²) in [5.74, 6) is 1.52. The molecule has 0 aliphatic carbocycles. The van der Waals surface area contributed by atoms with E-state index in [1.807, 2.05) is 12.1 Å². The van der Waals surface area contributed by atoms with Crippen LogP contribution in [0, 0.1) is 5.92 Å². The molecule has 1 unspecified atom stereocenters. The summed E-state index contributed by atoms with van der Waals surface area (Å²) in [5, 5.41) is 3.50. The van der Waals surface area contributed by atoms with Crippen LogP contribution < -0.4 is 10.1 Å². The van der Waals surface area contributed by atoms with Crippen molar-refractivity contribution in [2.24, 2.45) is 5.92 Å². The second kappa shape index (κ2) is 8.94. The molecule has 0 saturated carbocycles. The van der Waals surface area contributed by atoms with E-state index < -0.39 is 0 Å². The Labute approximate surface area is 117 Å². The maximum atomic E-state index is 5.56. The van der Waals surface area contributed by atoms with Gasteiger partial charge in [0.2, 0.25) is 0 Å². The van der Waals surface area contributed by atoms with Crippen LogP contribution in [0.25, 0.3) is 0 Å². The van der Waals surface area contributed by atoms with Gasteiger partial charge < -0.3 is 14.8 Å². The van der Waals surface area contributed by atoms with Gasteiger partial charge in [0.05, 0.1) is 7.11 Å². The Morgan fingerprint density at radius 2 is 1.79 bits per heavy atom. The summed E-state index contributed by atoms with van der Waals surface area (Å²) >= 11 is 0. The highest BCUT2D eigenvalue weighted by atomic mass is 16.5. The summed E-state index contributed by atoms with van der Waals surface area (Å²) in [6.07, 6.45) is 1.05. The van der Waals surface area contributed by atoms with Crippen LogP contribution in [0.15, 0.2) is 24.3 Å². The Kier molecular flexibility index (Phi) is 7.53. The number of hydrogen-bond acceptors (Lipinski definition) is 3. The number of ether oxygens (including phenoxy) is 2. The third-order valence-corrected chi connectivity index (χ3v) is 2.98. The van der Waals surface area contributed by atoms with Crippen molar-refractivity contribution < 1.29 is 9.47 Å². The quantitative estimate of drug-likeness (QED) is 0.694. The van der Waals surface area contributed by atoms with E-state index in [0.717, 1.165) is 31.9 Å². The van der Waals surface area contributed by atoms with E-state index in [9.17, 15) is 0 Å². The summed E-state index contributed by atoms with van der Waals surface area (Å²) in [7, 11) is 1.69. The molecule has 1 aromatic rings. The van der Waals surface area contributed by atoms with E-state index in [1.165, 1.54) is 5.56 Å². The fourth-order valence-corrected chi connectivity index (χ4v) is 1.82. The summed E-state index contributed by atoms with van der Waals surface area (Å²) in [6.45, 7) is 9.19. The summed E-state index contributed by atoms with van der Waals surface area (Å²) in [5.41, 5.74) is 1.28. The summed E-state index contributed by atoms with van der Waals surface area (Å²) in [6, 6.07) is 8.56. The van der Waals surface area contributed by atoms with Crippen LogP contribution in [0.4, 0.5) is 0 Å². The zero-order valence-electron chi connectivity index (χ0n) is 12.6. The molecule has 3 nitrogen and oxygen atoms in total. The summed E-state index contributed by atoms with van der Waals surface area (Å²) < 4.78 is 10.7. The lowest BCUT2D eigenvalue weighted by Crippen LogP contribution is -2.21. The first kappa shape index (κ1) is 16.0. The molecule has 1 atom stereocenters. The number of hydrogen-bond donors (Lipinski definition) is 1. The van der Waals surface area contributed by atoms with Crippen molar-refractivity contribution in [1.29, 1.82) is 0 Å². The maximum absolute atomic E-state index is 5.56. The van der Waals surface area contributed by atoms with Crippen LogP contribution in [0.3, 0.4) is 0 Å². The molecule has 0 radical (unpaired) electrons. The van der Waals surface area contributed by atoms with E-state index in [4.69, 9.17) is 9.47 Å². The number of methoxy groups -OCH3 is 1. The minimum atomic E-state index is 0.357. The van der Waals surface area contributed by atoms with Crippen molar-refractivity contribution in [3.05, 3.63) is 29.8 Å². The Bertz CT molecular complexity index is 335. The van der Waals surface area contributed by atoms with Crippen molar-refractivity contribution in [3.63, 3.8) is 0 Å². The smallest absolute Gasteiger partial charge is 0.118 e. The van der Waals surface area contributed by atoms with Crippen LogP contribution in [-0.4, -0.2) is 26.9 Å². The predicted octanol–water partition coefficient (Wildman–Crippen LogP) is 3.41. The van der Waals surface area contributed by atoms with Gasteiger partial charge in [0.25, 0.3) is 0 Å². The molecule has 108 valence electrons. The van der Waals surface area contributed by atoms with E-state index >= 15 is 0 Å². The molecule has 0 heterocycles. The fourth-order valence-electron chi connectivity index (χ4n) is 1.82. The van der Waals surface area contributed by atoms with Gasteiger partial charge in [0.1, 0.15) is 5.75 Å². The molecule has 0 aromatic heterocycles. The normalized spacial score (nSPS) is 12.7. The van der Waals surface area contributed by atoms with Gasteiger partial charge in [-0.2, -0.15) is 0 Å². The number of rotatable bonds is 9. The highest BCUT2D eigenvalue weighted by Crippen LogP contribution is 2.16. The van der Waals surface area contributed by atoms with Crippen LogP contribution in [-0.2, 0) is 4.74 Å². The average Bonchev–Trinajstić information content (AvgIpc) is 2.42. The molecule has 0 spiro atoms. The van der Waals surface area contributed by atoms with Crippen LogP contribution in [0.2, 0.25) is 0 Å². The molecule has 0 aliphatic heterocycles. The van der Waals surface area contributed by atoms with Gasteiger partial charge in [-0.15, -0.1) is 0 Å². The van der Waals surface area contributed by atoms with Gasteiger partial charge in [-0.25, -0.2) is 0 Å². The first-order valence-electron chi connectivity index (χ1n) is 7.08. The second-order valence-corrected chi connectivity index (χ2v) is 5.27. The molecule has 3 heteroatoms. The van der Waals surface area contributed by atoms with E-state index in [1.54, 1.807) is 7.11 Å². The molecular formula is C16H27NO2. The molecule has 19 heavy (non-hydrogen) atoms. The van der Waals surface area contributed by atoms with Crippen molar-refractivity contribution in [2.45, 2.75) is 33.2 Å². The molecule has 1 rings (SSSR count). The lowest BCUT2D eigenvalue weighted by Gasteiger charge is -2.15. The van der Waals surface area contributed by atoms with Gasteiger partial charge >= 0.3 is 0 Å². The van der Waals surface area contributed by atoms with Crippen molar-refractivity contribution in [3.8, 4) is 5.75 Å². The monoisotopic (exact) mass is 265 g/mol. The van der Waals surface area contributed by atoms with Gasteiger partial charge in [-0.3, -0.25) is 0 Å². The minimum Gasteiger partial charge on any atom is -0.497 e. The van der Waals surface area contributed by atoms with Crippen LogP contribution in [0.5, 0.6) is 5.75 Å². The van der Waals surface area contributed by atoms with E-state index in [-0.39, 0.29) is 0 Å². The van der Waals surface area contributed by atoms with Gasteiger partial charge in [-0.1, -0.05) is 26.0 Å². The van der Waals surface area contributed by atoms with Gasteiger partial charge in [0.15, 0.2) is 0 Å². The van der Waals surface area contributed by atoms with E-state index in [2.05, 4.69) is 38.2 Å².